The van der Waals surface area contributed by atoms with E-state index in [2.05, 4.69) is 0 Å². The number of aliphatic hydroxyl groups is 1. The number of carbonyl (C=O) groups is 2. The van der Waals surface area contributed by atoms with E-state index in [1.807, 2.05) is 0 Å². The van der Waals surface area contributed by atoms with Gasteiger partial charge in [0.2, 0.25) is 5.91 Å². The summed E-state index contributed by atoms with van der Waals surface area (Å²) in [6.07, 6.45) is 0.930. The monoisotopic (exact) mass is 299 g/mol. The van der Waals surface area contributed by atoms with Crippen LogP contribution < -0.4 is 0 Å². The molecule has 3 rings (SSSR count). The number of β-lactam (4-membered cyclic amide) rings is 1. The third-order valence-corrected chi connectivity index (χ3v) is 5.38. The van der Waals surface area contributed by atoms with Crippen LogP contribution in [0.15, 0.2) is 10.6 Å². The first kappa shape index (κ1) is 13.9. The molecule has 1 N–H and O–H groups in total. The van der Waals surface area contributed by atoms with Crippen molar-refractivity contribution in [2.24, 2.45) is 5.92 Å². The number of fused-ring (bicyclic) bond motifs is 1. The molecule has 20 heavy (non-hydrogen) atoms. The fraction of sp³-hybridized carbons (Fsp3) is 0.692. The lowest BCUT2D eigenvalue weighted by Crippen LogP contribution is -2.60. The maximum atomic E-state index is 12.1. The number of hydrogen-bond acceptors (Lipinski definition) is 6. The van der Waals surface area contributed by atoms with E-state index < -0.39 is 18.0 Å². The van der Waals surface area contributed by atoms with Gasteiger partial charge in [0.15, 0.2) is 0 Å². The van der Waals surface area contributed by atoms with Crippen molar-refractivity contribution in [1.82, 2.24) is 4.90 Å². The van der Waals surface area contributed by atoms with Gasteiger partial charge in [-0.05, 0) is 19.8 Å². The molecule has 0 unspecified atom stereocenters. The number of esters is 1. The highest BCUT2D eigenvalue weighted by Gasteiger charge is 2.58. The summed E-state index contributed by atoms with van der Waals surface area (Å²) < 4.78 is 10.4. The van der Waals surface area contributed by atoms with Crippen molar-refractivity contribution in [3.8, 4) is 0 Å². The maximum absolute atomic E-state index is 12.1. The van der Waals surface area contributed by atoms with Crippen LogP contribution in [0.2, 0.25) is 0 Å². The van der Waals surface area contributed by atoms with Gasteiger partial charge in [0, 0.05) is 11.5 Å². The van der Waals surface area contributed by atoms with Crippen molar-refractivity contribution < 1.29 is 24.2 Å². The van der Waals surface area contributed by atoms with Crippen molar-refractivity contribution in [2.45, 2.75) is 37.3 Å². The molecule has 0 aromatic carbocycles. The highest BCUT2D eigenvalue weighted by molar-refractivity contribution is 8.04. The second kappa shape index (κ2) is 5.05. The molecule has 0 saturated carbocycles. The summed E-state index contributed by atoms with van der Waals surface area (Å²) in [6, 6.07) is 0. The number of nitrogens with zero attached hydrogens (tertiary/aromatic N) is 1. The predicted molar refractivity (Wildman–Crippen MR) is 71.4 cm³/mol. The van der Waals surface area contributed by atoms with Crippen LogP contribution in [0.25, 0.3) is 0 Å². The zero-order valence-corrected chi connectivity index (χ0v) is 12.2. The summed E-state index contributed by atoms with van der Waals surface area (Å²) in [7, 11) is 1.30. The summed E-state index contributed by atoms with van der Waals surface area (Å²) in [5.41, 5.74) is 0.302. The molecular weight excluding hydrogens is 282 g/mol. The molecule has 0 aliphatic carbocycles. The van der Waals surface area contributed by atoms with Crippen molar-refractivity contribution in [1.29, 1.82) is 0 Å². The summed E-state index contributed by atoms with van der Waals surface area (Å²) in [5.74, 6) is -1.19. The number of amides is 1. The third-order valence-electron chi connectivity index (χ3n) is 3.93. The Morgan fingerprint density at radius 3 is 2.90 bits per heavy atom. The molecule has 0 spiro atoms. The second-order valence-electron chi connectivity index (χ2n) is 5.19. The summed E-state index contributed by atoms with van der Waals surface area (Å²) in [5, 5.41) is 9.48. The molecule has 0 aromatic rings. The van der Waals surface area contributed by atoms with Gasteiger partial charge >= 0.3 is 5.97 Å². The van der Waals surface area contributed by atoms with Crippen LogP contribution in [0.1, 0.15) is 19.8 Å². The lowest BCUT2D eigenvalue weighted by molar-refractivity contribution is -0.157. The van der Waals surface area contributed by atoms with Crippen molar-refractivity contribution in [2.75, 3.05) is 13.7 Å². The number of ether oxygens (including phenoxy) is 2. The average Bonchev–Trinajstić information content (AvgIpc) is 3.02. The van der Waals surface area contributed by atoms with Gasteiger partial charge in [0.25, 0.3) is 0 Å². The molecule has 2 fully saturated rings. The zero-order valence-electron chi connectivity index (χ0n) is 11.4. The van der Waals surface area contributed by atoms with Gasteiger partial charge < -0.3 is 14.6 Å². The first-order chi connectivity index (χ1) is 9.56. The van der Waals surface area contributed by atoms with Crippen LogP contribution in [-0.4, -0.2) is 53.2 Å². The van der Waals surface area contributed by atoms with Crippen LogP contribution >= 0.6 is 11.8 Å². The van der Waals surface area contributed by atoms with Crippen LogP contribution in [0.5, 0.6) is 0 Å². The molecule has 2 saturated heterocycles. The lowest BCUT2D eigenvalue weighted by atomic mass is 9.92. The predicted octanol–water partition coefficient (Wildman–Crippen LogP) is 0.462. The van der Waals surface area contributed by atoms with Crippen LogP contribution in [-0.2, 0) is 19.1 Å². The quantitative estimate of drug-likeness (QED) is 0.603. The van der Waals surface area contributed by atoms with Gasteiger partial charge in [-0.1, -0.05) is 11.8 Å². The molecule has 0 bridgehead atoms. The first-order valence-electron chi connectivity index (χ1n) is 6.68. The fourth-order valence-corrected chi connectivity index (χ4v) is 4.60. The second-order valence-corrected chi connectivity index (χ2v) is 6.35. The minimum Gasteiger partial charge on any atom is -0.464 e. The van der Waals surface area contributed by atoms with Gasteiger partial charge in [-0.25, -0.2) is 4.79 Å². The number of aliphatic hydroxyl groups excluding tert-OH is 1. The fourth-order valence-electron chi connectivity index (χ4n) is 2.91. The molecule has 4 atom stereocenters. The Labute approximate surface area is 121 Å². The Bertz CT molecular complexity index is 483. The third kappa shape index (κ3) is 1.88. The van der Waals surface area contributed by atoms with E-state index in [9.17, 15) is 14.7 Å². The number of hydrogen-bond donors (Lipinski definition) is 1. The molecule has 3 heterocycles. The van der Waals surface area contributed by atoms with Crippen molar-refractivity contribution in [3.05, 3.63) is 10.6 Å². The van der Waals surface area contributed by atoms with E-state index in [1.165, 1.54) is 23.8 Å². The van der Waals surface area contributed by atoms with Crippen LogP contribution in [0.4, 0.5) is 0 Å². The largest absolute Gasteiger partial charge is 0.464 e. The van der Waals surface area contributed by atoms with Gasteiger partial charge in [0.1, 0.15) is 11.1 Å². The Morgan fingerprint density at radius 1 is 1.60 bits per heavy atom. The molecule has 7 heteroatoms. The molecule has 1 amide bonds. The minimum absolute atomic E-state index is 0.137. The summed E-state index contributed by atoms with van der Waals surface area (Å²) in [4.78, 5) is 26.4. The minimum atomic E-state index is -0.723. The topological polar surface area (TPSA) is 76.1 Å². The standard InChI is InChI=1S/C13H17NO5S/c1-6(15)8-11(16)14-9(13(17)18-2)10(20-12(8)14)7-4-3-5-19-7/h6-8,12,15H,3-5H2,1-2H3/t6-,7-,8+,12-/m1/s1. The Kier molecular flexibility index (Phi) is 3.51. The highest BCUT2D eigenvalue weighted by Crippen LogP contribution is 2.52. The molecular formula is C13H17NO5S. The molecule has 3 aliphatic heterocycles. The van der Waals surface area contributed by atoms with Gasteiger partial charge in [-0.15, -0.1) is 0 Å². The van der Waals surface area contributed by atoms with Crippen molar-refractivity contribution in [3.63, 3.8) is 0 Å². The number of methoxy groups -OCH3 is 1. The van der Waals surface area contributed by atoms with Gasteiger partial charge in [0.05, 0.1) is 25.2 Å². The summed E-state index contributed by atoms with van der Waals surface area (Å²) in [6.45, 7) is 2.27. The number of thioether (sulfide) groups is 1. The summed E-state index contributed by atoms with van der Waals surface area (Å²) >= 11 is 1.45. The normalized spacial score (nSPS) is 34.0. The molecule has 0 aromatic heterocycles. The zero-order chi connectivity index (χ0) is 14.4. The Morgan fingerprint density at radius 2 is 2.35 bits per heavy atom. The molecule has 3 aliphatic rings. The number of carbonyl (C=O) groups excluding carboxylic acids is 2. The average molecular weight is 299 g/mol. The van der Waals surface area contributed by atoms with E-state index in [-0.39, 0.29) is 17.4 Å². The maximum Gasteiger partial charge on any atom is 0.355 e. The number of rotatable bonds is 3. The van der Waals surface area contributed by atoms with E-state index >= 15 is 0 Å². The Hall–Kier alpha value is -1.05. The van der Waals surface area contributed by atoms with E-state index in [0.717, 1.165) is 17.7 Å². The van der Waals surface area contributed by atoms with Crippen LogP contribution in [0.3, 0.4) is 0 Å². The first-order valence-corrected chi connectivity index (χ1v) is 7.56. The molecule has 0 radical (unpaired) electrons. The van der Waals surface area contributed by atoms with E-state index in [1.54, 1.807) is 6.92 Å². The smallest absolute Gasteiger partial charge is 0.355 e. The Balaban J connectivity index is 1.92. The van der Waals surface area contributed by atoms with E-state index in [4.69, 9.17) is 9.47 Å². The van der Waals surface area contributed by atoms with Crippen molar-refractivity contribution >= 4 is 23.6 Å². The van der Waals surface area contributed by atoms with Crippen LogP contribution in [0, 0.1) is 5.92 Å². The molecule has 110 valence electrons. The highest BCUT2D eigenvalue weighted by atomic mass is 32.2. The van der Waals surface area contributed by atoms with Gasteiger partial charge in [-0.3, -0.25) is 9.69 Å². The van der Waals surface area contributed by atoms with E-state index in [0.29, 0.717) is 12.3 Å². The van der Waals surface area contributed by atoms with Gasteiger partial charge in [-0.2, -0.15) is 0 Å². The molecule has 6 nitrogen and oxygen atoms in total. The lowest BCUT2D eigenvalue weighted by Gasteiger charge is -2.43. The SMILES string of the molecule is COC(=O)C1=C([C@H]2CCCO2)S[C@@H]2[C@@H]([C@@H](C)O)C(=O)N12.